The summed E-state index contributed by atoms with van der Waals surface area (Å²) in [6.07, 6.45) is 0.725. The molecule has 1 aliphatic heterocycles. The predicted molar refractivity (Wildman–Crippen MR) is 69.2 cm³/mol. The smallest absolute Gasteiger partial charge is 0.246 e. The second kappa shape index (κ2) is 5.18. The number of nitrogens with one attached hydrogen (secondary N) is 1. The molecule has 2 amide bonds. The minimum atomic E-state index is -0.262. The first kappa shape index (κ1) is 12.6. The SMILES string of the molecule is CC(N)Cc1ccccc1N1CC(=O)NC(=O)C1. The average Bonchev–Trinajstić information content (AvgIpc) is 2.27. The molecular weight excluding hydrogens is 230 g/mol. The number of hydrogen-bond donors (Lipinski definition) is 2. The van der Waals surface area contributed by atoms with Crippen LogP contribution in [0.1, 0.15) is 12.5 Å². The number of carbonyl (C=O) groups excluding carboxylic acids is 2. The third kappa shape index (κ3) is 2.87. The van der Waals surface area contributed by atoms with Crippen molar-refractivity contribution in [2.45, 2.75) is 19.4 Å². The lowest BCUT2D eigenvalue weighted by molar-refractivity contribution is -0.130. The summed E-state index contributed by atoms with van der Waals surface area (Å²) in [6, 6.07) is 7.78. The number of piperazine rings is 1. The van der Waals surface area contributed by atoms with Crippen molar-refractivity contribution in [3.63, 3.8) is 0 Å². The van der Waals surface area contributed by atoms with Gasteiger partial charge >= 0.3 is 0 Å². The molecule has 1 aromatic rings. The van der Waals surface area contributed by atoms with Crippen molar-refractivity contribution < 1.29 is 9.59 Å². The van der Waals surface area contributed by atoms with Crippen LogP contribution in [0.3, 0.4) is 0 Å². The fraction of sp³-hybridized carbons (Fsp3) is 0.385. The molecule has 0 aliphatic carbocycles. The summed E-state index contributed by atoms with van der Waals surface area (Å²) in [5, 5.41) is 2.30. The molecule has 1 atom stereocenters. The summed E-state index contributed by atoms with van der Waals surface area (Å²) in [6.45, 7) is 2.36. The molecule has 0 saturated carbocycles. The highest BCUT2D eigenvalue weighted by Gasteiger charge is 2.24. The lowest BCUT2D eigenvalue weighted by Crippen LogP contribution is -2.51. The second-order valence-electron chi connectivity index (χ2n) is 4.64. The number of rotatable bonds is 3. The van der Waals surface area contributed by atoms with E-state index in [2.05, 4.69) is 5.32 Å². The van der Waals surface area contributed by atoms with Gasteiger partial charge in [0.05, 0.1) is 13.1 Å². The normalized spacial score (nSPS) is 17.6. The summed E-state index contributed by atoms with van der Waals surface area (Å²) in [7, 11) is 0. The molecule has 1 aromatic carbocycles. The number of anilines is 1. The van der Waals surface area contributed by atoms with Crippen molar-refractivity contribution >= 4 is 17.5 Å². The predicted octanol–water partition coefficient (Wildman–Crippen LogP) is 0.0391. The van der Waals surface area contributed by atoms with Crippen molar-refractivity contribution in [1.29, 1.82) is 0 Å². The van der Waals surface area contributed by atoms with E-state index in [1.807, 2.05) is 31.2 Å². The van der Waals surface area contributed by atoms with Crippen LogP contribution >= 0.6 is 0 Å². The van der Waals surface area contributed by atoms with Gasteiger partial charge in [0.2, 0.25) is 11.8 Å². The van der Waals surface area contributed by atoms with Gasteiger partial charge in [0.25, 0.3) is 0 Å². The van der Waals surface area contributed by atoms with E-state index in [1.54, 1.807) is 4.90 Å². The molecule has 1 heterocycles. The molecule has 1 saturated heterocycles. The first-order valence-corrected chi connectivity index (χ1v) is 5.97. The maximum atomic E-state index is 11.4. The van der Waals surface area contributed by atoms with Gasteiger partial charge in [-0.2, -0.15) is 0 Å². The highest BCUT2D eigenvalue weighted by Crippen LogP contribution is 2.22. The number of carbonyl (C=O) groups is 2. The van der Waals surface area contributed by atoms with E-state index in [0.29, 0.717) is 0 Å². The second-order valence-corrected chi connectivity index (χ2v) is 4.64. The number of imide groups is 1. The monoisotopic (exact) mass is 247 g/mol. The molecule has 0 bridgehead atoms. The van der Waals surface area contributed by atoms with Gasteiger partial charge in [-0.15, -0.1) is 0 Å². The standard InChI is InChI=1S/C13H17N3O2/c1-9(14)6-10-4-2-3-5-11(10)16-7-12(17)15-13(18)8-16/h2-5,9H,6-8,14H2,1H3,(H,15,17,18). The minimum absolute atomic E-state index is 0.0421. The highest BCUT2D eigenvalue weighted by molar-refractivity contribution is 6.02. The molecule has 0 spiro atoms. The Balaban J connectivity index is 2.26. The van der Waals surface area contributed by atoms with Crippen molar-refractivity contribution in [2.75, 3.05) is 18.0 Å². The number of hydrogen-bond acceptors (Lipinski definition) is 4. The molecular formula is C13H17N3O2. The van der Waals surface area contributed by atoms with Crippen LogP contribution < -0.4 is 16.0 Å². The van der Waals surface area contributed by atoms with E-state index in [1.165, 1.54) is 0 Å². The van der Waals surface area contributed by atoms with Crippen molar-refractivity contribution in [3.05, 3.63) is 29.8 Å². The molecule has 1 unspecified atom stereocenters. The van der Waals surface area contributed by atoms with Crippen molar-refractivity contribution in [2.24, 2.45) is 5.73 Å². The van der Waals surface area contributed by atoms with Gasteiger partial charge in [-0.1, -0.05) is 18.2 Å². The third-order valence-corrected chi connectivity index (χ3v) is 2.82. The Labute approximate surface area is 106 Å². The Hall–Kier alpha value is -1.88. The van der Waals surface area contributed by atoms with Gasteiger partial charge in [0, 0.05) is 11.7 Å². The van der Waals surface area contributed by atoms with Gasteiger partial charge < -0.3 is 10.6 Å². The molecule has 2 rings (SSSR count). The molecule has 1 aliphatic rings. The Bertz CT molecular complexity index is 455. The van der Waals surface area contributed by atoms with E-state index in [-0.39, 0.29) is 30.9 Å². The van der Waals surface area contributed by atoms with E-state index < -0.39 is 0 Å². The molecule has 1 fully saturated rings. The number of para-hydroxylation sites is 1. The van der Waals surface area contributed by atoms with Crippen LogP contribution in [0.2, 0.25) is 0 Å². The first-order chi connectivity index (χ1) is 8.56. The Morgan fingerprint density at radius 1 is 1.28 bits per heavy atom. The van der Waals surface area contributed by atoms with Crippen LogP contribution in [0.5, 0.6) is 0 Å². The highest BCUT2D eigenvalue weighted by atomic mass is 16.2. The number of benzene rings is 1. The maximum Gasteiger partial charge on any atom is 0.246 e. The molecule has 96 valence electrons. The molecule has 18 heavy (non-hydrogen) atoms. The van der Waals surface area contributed by atoms with E-state index >= 15 is 0 Å². The lowest BCUT2D eigenvalue weighted by atomic mass is 10.0. The lowest BCUT2D eigenvalue weighted by Gasteiger charge is -2.29. The van der Waals surface area contributed by atoms with Crippen molar-refractivity contribution in [3.8, 4) is 0 Å². The molecule has 0 radical (unpaired) electrons. The fourth-order valence-corrected chi connectivity index (χ4v) is 2.15. The zero-order valence-electron chi connectivity index (χ0n) is 10.3. The van der Waals surface area contributed by atoms with E-state index in [0.717, 1.165) is 17.7 Å². The molecule has 5 nitrogen and oxygen atoms in total. The molecule has 0 aromatic heterocycles. The van der Waals surface area contributed by atoms with Crippen molar-refractivity contribution in [1.82, 2.24) is 5.32 Å². The van der Waals surface area contributed by atoms with Gasteiger partial charge in [0.15, 0.2) is 0 Å². The summed E-state index contributed by atoms with van der Waals surface area (Å²) < 4.78 is 0. The topological polar surface area (TPSA) is 75.4 Å². The van der Waals surface area contributed by atoms with Crippen LogP contribution in [0.15, 0.2) is 24.3 Å². The summed E-state index contributed by atoms with van der Waals surface area (Å²) >= 11 is 0. The van der Waals surface area contributed by atoms with Crippen LogP contribution in [-0.4, -0.2) is 30.9 Å². The van der Waals surface area contributed by atoms with Gasteiger partial charge in [-0.25, -0.2) is 0 Å². The summed E-state index contributed by atoms with van der Waals surface area (Å²) in [5.41, 5.74) is 7.79. The van der Waals surface area contributed by atoms with E-state index in [9.17, 15) is 9.59 Å². The number of nitrogens with two attached hydrogens (primary N) is 1. The quantitative estimate of drug-likeness (QED) is 0.739. The van der Waals surface area contributed by atoms with Gasteiger partial charge in [-0.05, 0) is 25.0 Å². The largest absolute Gasteiger partial charge is 0.353 e. The Morgan fingerprint density at radius 3 is 2.50 bits per heavy atom. The fourth-order valence-electron chi connectivity index (χ4n) is 2.15. The Morgan fingerprint density at radius 2 is 1.89 bits per heavy atom. The third-order valence-electron chi connectivity index (χ3n) is 2.82. The molecule has 3 N–H and O–H groups in total. The zero-order valence-corrected chi connectivity index (χ0v) is 10.3. The average molecular weight is 247 g/mol. The zero-order chi connectivity index (χ0) is 13.1. The first-order valence-electron chi connectivity index (χ1n) is 5.97. The van der Waals surface area contributed by atoms with Gasteiger partial charge in [-0.3, -0.25) is 14.9 Å². The Kier molecular flexibility index (Phi) is 3.62. The minimum Gasteiger partial charge on any atom is -0.353 e. The number of amides is 2. The molecule has 5 heteroatoms. The summed E-state index contributed by atoms with van der Waals surface area (Å²) in [5.74, 6) is -0.524. The van der Waals surface area contributed by atoms with E-state index in [4.69, 9.17) is 5.73 Å². The van der Waals surface area contributed by atoms with Crippen LogP contribution in [-0.2, 0) is 16.0 Å². The van der Waals surface area contributed by atoms with Crippen LogP contribution in [0.25, 0.3) is 0 Å². The number of nitrogens with zero attached hydrogens (tertiary/aromatic N) is 1. The maximum absolute atomic E-state index is 11.4. The van der Waals surface area contributed by atoms with Crippen LogP contribution in [0, 0.1) is 0 Å². The van der Waals surface area contributed by atoms with Gasteiger partial charge in [0.1, 0.15) is 0 Å². The summed E-state index contributed by atoms with van der Waals surface area (Å²) in [4.78, 5) is 24.6. The van der Waals surface area contributed by atoms with Crippen LogP contribution in [0.4, 0.5) is 5.69 Å².